The normalized spacial score (nSPS) is 10.8. The van der Waals surface area contributed by atoms with E-state index in [-0.39, 0.29) is 16.7 Å². The maximum atomic E-state index is 12.2. The molecule has 0 aliphatic heterocycles. The summed E-state index contributed by atoms with van der Waals surface area (Å²) < 4.78 is 30.2. The lowest BCUT2D eigenvalue weighted by molar-refractivity contribution is -0.0497. The zero-order chi connectivity index (χ0) is 16.3. The fraction of sp³-hybridized carbons (Fsp3) is 0.286. The van der Waals surface area contributed by atoms with Crippen molar-refractivity contribution in [2.24, 2.45) is 0 Å². The van der Waals surface area contributed by atoms with Crippen molar-refractivity contribution in [2.75, 3.05) is 5.32 Å². The van der Waals surface area contributed by atoms with Crippen LogP contribution in [0.25, 0.3) is 0 Å². The second-order valence-electron chi connectivity index (χ2n) is 4.44. The van der Waals surface area contributed by atoms with Gasteiger partial charge in [0.25, 0.3) is 5.91 Å². The summed E-state index contributed by atoms with van der Waals surface area (Å²) in [4.78, 5) is 12.2. The van der Waals surface area contributed by atoms with E-state index in [0.29, 0.717) is 17.8 Å². The fourth-order valence-electron chi connectivity index (χ4n) is 1.96. The Bertz CT molecular complexity index is 689. The van der Waals surface area contributed by atoms with Gasteiger partial charge in [-0.25, -0.2) is 0 Å². The second-order valence-corrected chi connectivity index (χ2v) is 4.84. The summed E-state index contributed by atoms with van der Waals surface area (Å²) in [6.07, 6.45) is 1.48. The van der Waals surface area contributed by atoms with Crippen molar-refractivity contribution >= 4 is 23.2 Å². The Morgan fingerprint density at radius 3 is 2.77 bits per heavy atom. The lowest BCUT2D eigenvalue weighted by Gasteiger charge is -2.09. The highest BCUT2D eigenvalue weighted by Crippen LogP contribution is 2.29. The van der Waals surface area contributed by atoms with Crippen LogP contribution in [-0.4, -0.2) is 22.3 Å². The number of amides is 1. The van der Waals surface area contributed by atoms with E-state index in [9.17, 15) is 13.6 Å². The van der Waals surface area contributed by atoms with Crippen molar-refractivity contribution in [1.82, 2.24) is 9.78 Å². The fourth-order valence-corrected chi connectivity index (χ4v) is 2.18. The number of ether oxygens (including phenoxy) is 1. The minimum absolute atomic E-state index is 0.0147. The zero-order valence-electron chi connectivity index (χ0n) is 11.9. The number of nitrogens with zero attached hydrogens (tertiary/aromatic N) is 2. The summed E-state index contributed by atoms with van der Waals surface area (Å²) >= 11 is 5.83. The van der Waals surface area contributed by atoms with Crippen LogP contribution >= 0.6 is 11.6 Å². The predicted octanol–water partition coefficient (Wildman–Crippen LogP) is 3.72. The summed E-state index contributed by atoms with van der Waals surface area (Å²) in [5.41, 5.74) is 1.55. The molecule has 0 saturated heterocycles. The van der Waals surface area contributed by atoms with E-state index < -0.39 is 6.61 Å². The molecule has 118 valence electrons. The number of rotatable bonds is 5. The molecule has 0 radical (unpaired) electrons. The topological polar surface area (TPSA) is 56.2 Å². The van der Waals surface area contributed by atoms with Crippen LogP contribution in [0.15, 0.2) is 24.4 Å². The Balaban J connectivity index is 2.14. The summed E-state index contributed by atoms with van der Waals surface area (Å²) in [5.74, 6) is -0.500. The first-order valence-electron chi connectivity index (χ1n) is 6.50. The van der Waals surface area contributed by atoms with Gasteiger partial charge >= 0.3 is 6.61 Å². The average molecular weight is 330 g/mol. The molecular weight excluding hydrogens is 316 g/mol. The Kier molecular flexibility index (Phi) is 4.97. The van der Waals surface area contributed by atoms with E-state index in [2.05, 4.69) is 15.2 Å². The number of aromatic nitrogens is 2. The van der Waals surface area contributed by atoms with Gasteiger partial charge in [-0.3, -0.25) is 9.48 Å². The van der Waals surface area contributed by atoms with Gasteiger partial charge < -0.3 is 10.1 Å². The summed E-state index contributed by atoms with van der Waals surface area (Å²) in [6.45, 7) is 1.41. The van der Waals surface area contributed by atoms with E-state index in [1.165, 1.54) is 24.4 Å². The molecule has 1 amide bonds. The Hall–Kier alpha value is -2.15. The van der Waals surface area contributed by atoms with Gasteiger partial charge in [0.15, 0.2) is 0 Å². The summed E-state index contributed by atoms with van der Waals surface area (Å²) in [6, 6.07) is 4.05. The molecule has 2 rings (SSSR count). The third-order valence-electron chi connectivity index (χ3n) is 3.05. The molecule has 0 saturated carbocycles. The van der Waals surface area contributed by atoms with Crippen molar-refractivity contribution in [1.29, 1.82) is 0 Å². The van der Waals surface area contributed by atoms with E-state index in [4.69, 9.17) is 11.6 Å². The van der Waals surface area contributed by atoms with Crippen LogP contribution in [-0.2, 0) is 6.54 Å². The van der Waals surface area contributed by atoms with Gasteiger partial charge in [-0.2, -0.15) is 13.9 Å². The van der Waals surface area contributed by atoms with Crippen LogP contribution in [0.5, 0.6) is 5.75 Å². The van der Waals surface area contributed by atoms with Crippen molar-refractivity contribution < 1.29 is 18.3 Å². The number of hydrogen-bond acceptors (Lipinski definition) is 3. The maximum Gasteiger partial charge on any atom is 0.387 e. The lowest BCUT2D eigenvalue weighted by Crippen LogP contribution is -2.13. The molecule has 0 spiro atoms. The highest BCUT2D eigenvalue weighted by atomic mass is 35.5. The third kappa shape index (κ3) is 3.54. The number of alkyl halides is 2. The van der Waals surface area contributed by atoms with Crippen LogP contribution in [0, 0.1) is 6.92 Å². The molecule has 1 aromatic carbocycles. The van der Waals surface area contributed by atoms with Crippen LogP contribution in [0.1, 0.15) is 23.0 Å². The Labute approximate surface area is 130 Å². The lowest BCUT2D eigenvalue weighted by atomic mass is 10.2. The van der Waals surface area contributed by atoms with E-state index in [1.807, 2.05) is 6.92 Å². The third-order valence-corrected chi connectivity index (χ3v) is 3.35. The second kappa shape index (κ2) is 6.74. The number of halogens is 3. The number of nitrogens with one attached hydrogen (secondary N) is 1. The summed E-state index contributed by atoms with van der Waals surface area (Å²) in [7, 11) is 0. The minimum Gasteiger partial charge on any atom is -0.433 e. The van der Waals surface area contributed by atoms with Gasteiger partial charge in [0, 0.05) is 17.9 Å². The molecule has 1 aromatic heterocycles. The standard InChI is InChI=1S/C14H14ClF2N3O2/c1-3-20-8(2)10(7-18-20)13(21)19-9-4-5-12(11(15)6-9)22-14(16)17/h4-7,14H,3H2,1-2H3,(H,19,21). The molecule has 0 aliphatic carbocycles. The minimum atomic E-state index is -2.96. The molecule has 22 heavy (non-hydrogen) atoms. The highest BCUT2D eigenvalue weighted by Gasteiger charge is 2.15. The van der Waals surface area contributed by atoms with Gasteiger partial charge in [-0.05, 0) is 32.0 Å². The molecule has 8 heteroatoms. The van der Waals surface area contributed by atoms with Crippen molar-refractivity contribution in [2.45, 2.75) is 27.0 Å². The van der Waals surface area contributed by atoms with Gasteiger partial charge in [0.05, 0.1) is 16.8 Å². The zero-order valence-corrected chi connectivity index (χ0v) is 12.7. The molecule has 0 atom stereocenters. The first-order valence-corrected chi connectivity index (χ1v) is 6.88. The molecule has 2 aromatic rings. The quantitative estimate of drug-likeness (QED) is 0.909. The van der Waals surface area contributed by atoms with Crippen molar-refractivity contribution in [3.05, 3.63) is 40.7 Å². The predicted molar refractivity (Wildman–Crippen MR) is 78.7 cm³/mol. The molecule has 0 fully saturated rings. The first-order chi connectivity index (χ1) is 10.4. The van der Waals surface area contributed by atoms with E-state index >= 15 is 0 Å². The maximum absolute atomic E-state index is 12.2. The number of benzene rings is 1. The Morgan fingerprint density at radius 2 is 2.23 bits per heavy atom. The monoisotopic (exact) mass is 329 g/mol. The summed E-state index contributed by atoms with van der Waals surface area (Å²) in [5, 5.41) is 6.71. The number of anilines is 1. The van der Waals surface area contributed by atoms with Crippen LogP contribution in [0.2, 0.25) is 5.02 Å². The van der Waals surface area contributed by atoms with E-state index in [0.717, 1.165) is 5.69 Å². The number of carbonyl (C=O) groups excluding carboxylic acids is 1. The Morgan fingerprint density at radius 1 is 1.50 bits per heavy atom. The first kappa shape index (κ1) is 16.2. The van der Waals surface area contributed by atoms with Gasteiger partial charge in [0.2, 0.25) is 0 Å². The molecule has 1 N–H and O–H groups in total. The molecule has 0 aliphatic rings. The van der Waals surface area contributed by atoms with E-state index in [1.54, 1.807) is 11.6 Å². The average Bonchev–Trinajstić information content (AvgIpc) is 2.82. The van der Waals surface area contributed by atoms with Crippen molar-refractivity contribution in [3.63, 3.8) is 0 Å². The SMILES string of the molecule is CCn1ncc(C(=O)Nc2ccc(OC(F)F)c(Cl)c2)c1C. The molecule has 0 bridgehead atoms. The van der Waals surface area contributed by atoms with Gasteiger partial charge in [0.1, 0.15) is 5.75 Å². The van der Waals surface area contributed by atoms with Crippen molar-refractivity contribution in [3.8, 4) is 5.75 Å². The highest BCUT2D eigenvalue weighted by molar-refractivity contribution is 6.32. The molecule has 5 nitrogen and oxygen atoms in total. The number of hydrogen-bond donors (Lipinski definition) is 1. The molecular formula is C14H14ClF2N3O2. The smallest absolute Gasteiger partial charge is 0.387 e. The molecule has 0 unspecified atom stereocenters. The van der Waals surface area contributed by atoms with Gasteiger partial charge in [-0.15, -0.1) is 0 Å². The van der Waals surface area contributed by atoms with Crippen LogP contribution < -0.4 is 10.1 Å². The van der Waals surface area contributed by atoms with Gasteiger partial charge in [-0.1, -0.05) is 11.6 Å². The number of aryl methyl sites for hydroxylation is 1. The van der Waals surface area contributed by atoms with Crippen LogP contribution in [0.4, 0.5) is 14.5 Å². The van der Waals surface area contributed by atoms with Crippen LogP contribution in [0.3, 0.4) is 0 Å². The molecule has 1 heterocycles. The number of carbonyl (C=O) groups is 1. The largest absolute Gasteiger partial charge is 0.433 e.